The van der Waals surface area contributed by atoms with E-state index in [0.29, 0.717) is 24.4 Å². The van der Waals surface area contributed by atoms with Gasteiger partial charge in [-0.15, -0.1) is 0 Å². The molecule has 0 bridgehead atoms. The summed E-state index contributed by atoms with van der Waals surface area (Å²) < 4.78 is 5.40. The first-order valence-corrected chi connectivity index (χ1v) is 17.7. The number of aromatic nitrogens is 2. The Morgan fingerprint density at radius 2 is 1.33 bits per heavy atom. The van der Waals surface area contributed by atoms with Gasteiger partial charge < -0.3 is 53.9 Å². The molecule has 1 heterocycles. The fraction of sp³-hybridized carbons (Fsp3) is 0.432. The minimum absolute atomic E-state index is 0.0318. The maximum absolute atomic E-state index is 14.1. The number of benzene rings is 2. The van der Waals surface area contributed by atoms with Crippen molar-refractivity contribution in [2.75, 3.05) is 13.1 Å². The van der Waals surface area contributed by atoms with Gasteiger partial charge in [-0.25, -0.2) is 9.78 Å². The summed E-state index contributed by atoms with van der Waals surface area (Å²) in [5.74, 6) is -1.38. The standard InChI is InChI=1S/C37H54N12O5/c1-23-14-16-25(17-15-23)30-44-22-26(46-30)20-29(48-32(51)28(13-9-19-43-35(40)41)49-36(53)54-37(2,3)4)33(52)47-27(12-8-18-42-34(38)39)31(50)45-21-24-10-6-5-7-11-24/h5-7,10-11,14-17,22,27-29H,8-9,12-13,18-21H2,1-4H3,(H,44,46)(H,45,50)(H,47,52)(H,48,51)(H,49,53)(H4,38,39,42)(H4,40,41,43)/t27-,28-,29-/m0/s1. The quantitative estimate of drug-likeness (QED) is 0.0480. The molecule has 54 heavy (non-hydrogen) atoms. The molecule has 3 rings (SSSR count). The van der Waals surface area contributed by atoms with Crippen LogP contribution in [-0.4, -0.2) is 82.5 Å². The largest absolute Gasteiger partial charge is 0.444 e. The second-order valence-electron chi connectivity index (χ2n) is 13.7. The van der Waals surface area contributed by atoms with E-state index in [1.807, 2.05) is 61.5 Å². The number of guanidine groups is 2. The first-order chi connectivity index (χ1) is 25.6. The third-order valence-corrected chi connectivity index (χ3v) is 7.85. The van der Waals surface area contributed by atoms with Crippen molar-refractivity contribution in [3.63, 3.8) is 0 Å². The zero-order valence-corrected chi connectivity index (χ0v) is 31.4. The van der Waals surface area contributed by atoms with Gasteiger partial charge in [0, 0.05) is 43.5 Å². The Hall–Kier alpha value is -6.13. The molecule has 1 aromatic heterocycles. The van der Waals surface area contributed by atoms with E-state index < -0.39 is 47.5 Å². The van der Waals surface area contributed by atoms with Gasteiger partial charge >= 0.3 is 6.09 Å². The molecule has 17 heteroatoms. The molecule has 13 N–H and O–H groups in total. The average Bonchev–Trinajstić information content (AvgIpc) is 3.57. The summed E-state index contributed by atoms with van der Waals surface area (Å²) in [6, 6.07) is 13.7. The highest BCUT2D eigenvalue weighted by molar-refractivity contribution is 5.94. The molecule has 0 spiro atoms. The molecule has 3 atom stereocenters. The van der Waals surface area contributed by atoms with Crippen molar-refractivity contribution in [3.05, 3.63) is 77.6 Å². The van der Waals surface area contributed by atoms with Crippen LogP contribution in [0, 0.1) is 6.92 Å². The number of carbonyl (C=O) groups is 4. The zero-order chi connectivity index (χ0) is 39.7. The van der Waals surface area contributed by atoms with Crippen molar-refractivity contribution in [1.82, 2.24) is 31.2 Å². The molecule has 292 valence electrons. The molecule has 0 saturated heterocycles. The third-order valence-electron chi connectivity index (χ3n) is 7.85. The van der Waals surface area contributed by atoms with Crippen LogP contribution in [0.15, 0.2) is 70.8 Å². The Morgan fingerprint density at radius 1 is 0.778 bits per heavy atom. The van der Waals surface area contributed by atoms with E-state index in [2.05, 4.69) is 41.2 Å². The topological polar surface area (TPSA) is 283 Å². The molecule has 0 radical (unpaired) electrons. The summed E-state index contributed by atoms with van der Waals surface area (Å²) in [6.07, 6.45) is 1.73. The monoisotopic (exact) mass is 746 g/mol. The summed E-state index contributed by atoms with van der Waals surface area (Å²) in [6.45, 7) is 7.72. The summed E-state index contributed by atoms with van der Waals surface area (Å²) in [4.78, 5) is 70.0. The maximum Gasteiger partial charge on any atom is 0.408 e. The fourth-order valence-electron chi connectivity index (χ4n) is 5.20. The van der Waals surface area contributed by atoms with Crippen molar-refractivity contribution in [3.8, 4) is 11.4 Å². The predicted molar refractivity (Wildman–Crippen MR) is 208 cm³/mol. The Bertz CT molecular complexity index is 1730. The maximum atomic E-state index is 14.1. The van der Waals surface area contributed by atoms with Crippen molar-refractivity contribution < 1.29 is 23.9 Å². The molecule has 0 aliphatic carbocycles. The van der Waals surface area contributed by atoms with Crippen molar-refractivity contribution in [1.29, 1.82) is 0 Å². The number of aryl methyl sites for hydroxylation is 1. The van der Waals surface area contributed by atoms with Crippen molar-refractivity contribution in [2.45, 2.75) is 90.1 Å². The molecule has 4 amide bonds. The molecular weight excluding hydrogens is 692 g/mol. The number of nitrogens with one attached hydrogen (secondary N) is 5. The molecular formula is C37H54N12O5. The van der Waals surface area contributed by atoms with Gasteiger partial charge in [0.2, 0.25) is 17.7 Å². The van der Waals surface area contributed by atoms with Gasteiger partial charge in [-0.3, -0.25) is 24.4 Å². The van der Waals surface area contributed by atoms with E-state index in [-0.39, 0.29) is 50.8 Å². The summed E-state index contributed by atoms with van der Waals surface area (Å²) in [5, 5.41) is 11.1. The predicted octanol–water partition coefficient (Wildman–Crippen LogP) is 1.21. The molecule has 3 aromatic rings. The first-order valence-electron chi connectivity index (χ1n) is 17.7. The molecule has 0 unspecified atom stereocenters. The molecule has 0 fully saturated rings. The number of nitrogens with zero attached hydrogens (tertiary/aromatic N) is 3. The number of aromatic amines is 1. The lowest BCUT2D eigenvalue weighted by Gasteiger charge is -2.26. The van der Waals surface area contributed by atoms with Crippen LogP contribution in [0.2, 0.25) is 0 Å². The number of hydrogen-bond acceptors (Lipinski definition) is 8. The zero-order valence-electron chi connectivity index (χ0n) is 31.4. The van der Waals surface area contributed by atoms with E-state index in [9.17, 15) is 19.2 Å². The van der Waals surface area contributed by atoms with Gasteiger partial charge in [-0.1, -0.05) is 60.2 Å². The number of amides is 4. The highest BCUT2D eigenvalue weighted by atomic mass is 16.6. The van der Waals surface area contributed by atoms with Crippen LogP contribution in [0.5, 0.6) is 0 Å². The molecule has 0 saturated carbocycles. The fourth-order valence-corrected chi connectivity index (χ4v) is 5.20. The number of carbonyl (C=O) groups excluding carboxylic acids is 4. The van der Waals surface area contributed by atoms with Crippen LogP contribution in [-0.2, 0) is 32.1 Å². The van der Waals surface area contributed by atoms with E-state index in [1.54, 1.807) is 27.0 Å². The number of nitrogens with two attached hydrogens (primary N) is 4. The van der Waals surface area contributed by atoms with Gasteiger partial charge in [0.25, 0.3) is 0 Å². The Labute approximate surface area is 315 Å². The molecule has 0 aliphatic rings. The van der Waals surface area contributed by atoms with Gasteiger partial charge in [0.1, 0.15) is 29.6 Å². The first kappa shape index (κ1) is 42.3. The van der Waals surface area contributed by atoms with Crippen LogP contribution >= 0.6 is 0 Å². The number of rotatable bonds is 19. The SMILES string of the molecule is Cc1ccc(-c2ncc(C[C@H](NC(=O)[C@H](CCCN=C(N)N)NC(=O)OC(C)(C)C)C(=O)N[C@@H](CCCN=C(N)N)C(=O)NCc3ccccc3)[nH]2)cc1. The van der Waals surface area contributed by atoms with Crippen LogP contribution < -0.4 is 44.2 Å². The molecule has 0 aliphatic heterocycles. The highest BCUT2D eigenvalue weighted by Crippen LogP contribution is 2.17. The smallest absolute Gasteiger partial charge is 0.408 e. The lowest BCUT2D eigenvalue weighted by Crippen LogP contribution is -2.57. The Kier molecular flexibility index (Phi) is 16.3. The lowest BCUT2D eigenvalue weighted by molar-refractivity contribution is -0.132. The Morgan fingerprint density at radius 3 is 1.91 bits per heavy atom. The molecule has 2 aromatic carbocycles. The van der Waals surface area contributed by atoms with Gasteiger partial charge in [0.15, 0.2) is 11.9 Å². The van der Waals surface area contributed by atoms with Crippen LogP contribution in [0.25, 0.3) is 11.4 Å². The van der Waals surface area contributed by atoms with E-state index in [4.69, 9.17) is 27.7 Å². The lowest BCUT2D eigenvalue weighted by atomic mass is 10.1. The summed E-state index contributed by atoms with van der Waals surface area (Å²) in [5.41, 5.74) is 24.4. The van der Waals surface area contributed by atoms with E-state index in [0.717, 1.165) is 16.7 Å². The van der Waals surface area contributed by atoms with Gasteiger partial charge in [0.05, 0.1) is 0 Å². The van der Waals surface area contributed by atoms with E-state index in [1.165, 1.54) is 0 Å². The number of aliphatic imine (C=N–C) groups is 2. The number of hydrogen-bond donors (Lipinski definition) is 9. The second-order valence-corrected chi connectivity index (χ2v) is 13.7. The Balaban J connectivity index is 1.89. The minimum Gasteiger partial charge on any atom is -0.444 e. The van der Waals surface area contributed by atoms with Crippen LogP contribution in [0.3, 0.4) is 0 Å². The number of ether oxygens (including phenoxy) is 1. The number of H-pyrrole nitrogens is 1. The average molecular weight is 747 g/mol. The van der Waals surface area contributed by atoms with Gasteiger partial charge in [-0.05, 0) is 58.9 Å². The minimum atomic E-state index is -1.22. The second kappa shape index (κ2) is 20.8. The molecule has 17 nitrogen and oxygen atoms in total. The highest BCUT2D eigenvalue weighted by Gasteiger charge is 2.31. The van der Waals surface area contributed by atoms with Gasteiger partial charge in [-0.2, -0.15) is 0 Å². The number of imidazole rings is 1. The van der Waals surface area contributed by atoms with E-state index >= 15 is 0 Å². The van der Waals surface area contributed by atoms with Crippen molar-refractivity contribution in [2.24, 2.45) is 32.9 Å². The van der Waals surface area contributed by atoms with Crippen LogP contribution in [0.4, 0.5) is 4.79 Å². The van der Waals surface area contributed by atoms with Crippen molar-refractivity contribution >= 4 is 35.7 Å². The summed E-state index contributed by atoms with van der Waals surface area (Å²) in [7, 11) is 0. The third kappa shape index (κ3) is 15.6. The summed E-state index contributed by atoms with van der Waals surface area (Å²) >= 11 is 0. The van der Waals surface area contributed by atoms with Crippen LogP contribution in [0.1, 0.15) is 63.3 Å². The normalized spacial score (nSPS) is 12.7. The number of alkyl carbamates (subject to hydrolysis) is 1.